The lowest BCUT2D eigenvalue weighted by atomic mass is 9.74. The second-order valence-electron chi connectivity index (χ2n) is 7.78. The molecule has 0 radical (unpaired) electrons. The van der Waals surface area contributed by atoms with Gasteiger partial charge in [-0.25, -0.2) is 4.79 Å². The molecule has 2 aliphatic rings. The SMILES string of the molecule is CO[C@H]1C[C@@H]2C[C@H](OC)[C@@H](NC(=O)OC(C)(C)C)C[C@H]2[C@@H]1CO. The molecule has 0 aromatic heterocycles. The van der Waals surface area contributed by atoms with Crippen LogP contribution in [0.3, 0.4) is 0 Å². The molecule has 1 amide bonds. The van der Waals surface area contributed by atoms with Gasteiger partial charge in [-0.2, -0.15) is 0 Å². The molecular formula is C17H31NO5. The van der Waals surface area contributed by atoms with Crippen molar-refractivity contribution in [3.05, 3.63) is 0 Å². The Bertz CT molecular complexity index is 408. The molecule has 0 bridgehead atoms. The zero-order valence-electron chi connectivity index (χ0n) is 14.9. The molecule has 2 N–H and O–H groups in total. The molecule has 2 saturated carbocycles. The molecule has 0 aromatic rings. The highest BCUT2D eigenvalue weighted by molar-refractivity contribution is 5.68. The van der Waals surface area contributed by atoms with Gasteiger partial charge in [0.2, 0.25) is 0 Å². The van der Waals surface area contributed by atoms with Crippen LogP contribution in [0.1, 0.15) is 40.0 Å². The van der Waals surface area contributed by atoms with E-state index < -0.39 is 11.7 Å². The quantitative estimate of drug-likeness (QED) is 0.824. The van der Waals surface area contributed by atoms with E-state index >= 15 is 0 Å². The first kappa shape index (κ1) is 18.5. The Morgan fingerprint density at radius 3 is 2.26 bits per heavy atom. The summed E-state index contributed by atoms with van der Waals surface area (Å²) in [7, 11) is 3.38. The van der Waals surface area contributed by atoms with Gasteiger partial charge in [0.1, 0.15) is 5.60 Å². The van der Waals surface area contributed by atoms with Gasteiger partial charge in [-0.1, -0.05) is 0 Å². The van der Waals surface area contributed by atoms with Crippen LogP contribution in [-0.2, 0) is 14.2 Å². The molecule has 0 heterocycles. The summed E-state index contributed by atoms with van der Waals surface area (Å²) >= 11 is 0. The third kappa shape index (κ3) is 4.37. The van der Waals surface area contributed by atoms with Gasteiger partial charge in [0.15, 0.2) is 0 Å². The molecule has 0 unspecified atom stereocenters. The number of hydrogen-bond donors (Lipinski definition) is 2. The average Bonchev–Trinajstić information content (AvgIpc) is 2.80. The predicted molar refractivity (Wildman–Crippen MR) is 86.2 cm³/mol. The summed E-state index contributed by atoms with van der Waals surface area (Å²) in [5.41, 5.74) is -0.522. The van der Waals surface area contributed by atoms with Gasteiger partial charge >= 0.3 is 6.09 Å². The first-order valence-corrected chi connectivity index (χ1v) is 8.45. The Morgan fingerprint density at radius 2 is 1.74 bits per heavy atom. The fraction of sp³-hybridized carbons (Fsp3) is 0.941. The lowest BCUT2D eigenvalue weighted by Gasteiger charge is -2.39. The summed E-state index contributed by atoms with van der Waals surface area (Å²) < 4.78 is 16.5. The van der Waals surface area contributed by atoms with E-state index in [1.54, 1.807) is 14.2 Å². The predicted octanol–water partition coefficient (Wildman–Crippen LogP) is 1.95. The molecule has 6 atom stereocenters. The van der Waals surface area contributed by atoms with Crippen molar-refractivity contribution in [1.82, 2.24) is 5.32 Å². The van der Waals surface area contributed by atoms with Crippen LogP contribution >= 0.6 is 0 Å². The standard InChI is InChI=1S/C17H31NO5/c1-17(2,3)23-16(20)18-13-8-11-10(7-15(13)22-5)6-14(21-4)12(11)9-19/h10-15,19H,6-9H2,1-5H3,(H,18,20)/t10-,11-,12+,13+,14+,15+/m1/s1. The molecular weight excluding hydrogens is 298 g/mol. The van der Waals surface area contributed by atoms with E-state index in [9.17, 15) is 9.90 Å². The Hall–Kier alpha value is -0.850. The lowest BCUT2D eigenvalue weighted by molar-refractivity contribution is -0.0135. The van der Waals surface area contributed by atoms with Crippen LogP contribution in [-0.4, -0.2) is 55.9 Å². The topological polar surface area (TPSA) is 77.0 Å². The van der Waals surface area contributed by atoms with Crippen LogP contribution in [0.5, 0.6) is 0 Å². The van der Waals surface area contributed by atoms with Gasteiger partial charge in [0, 0.05) is 26.7 Å². The smallest absolute Gasteiger partial charge is 0.407 e. The molecule has 6 nitrogen and oxygen atoms in total. The maximum Gasteiger partial charge on any atom is 0.407 e. The van der Waals surface area contributed by atoms with Crippen molar-refractivity contribution in [2.75, 3.05) is 20.8 Å². The Balaban J connectivity index is 2.04. The first-order valence-electron chi connectivity index (χ1n) is 8.45. The lowest BCUT2D eigenvalue weighted by Crippen LogP contribution is -2.51. The van der Waals surface area contributed by atoms with Gasteiger partial charge in [0.05, 0.1) is 18.2 Å². The van der Waals surface area contributed by atoms with Crippen molar-refractivity contribution >= 4 is 6.09 Å². The number of hydrogen-bond acceptors (Lipinski definition) is 5. The number of methoxy groups -OCH3 is 2. The monoisotopic (exact) mass is 329 g/mol. The minimum Gasteiger partial charge on any atom is -0.444 e. The largest absolute Gasteiger partial charge is 0.444 e. The van der Waals surface area contributed by atoms with Crippen LogP contribution in [0.15, 0.2) is 0 Å². The number of carbonyl (C=O) groups is 1. The van der Waals surface area contributed by atoms with E-state index in [0.717, 1.165) is 19.3 Å². The molecule has 2 aliphatic carbocycles. The summed E-state index contributed by atoms with van der Waals surface area (Å²) in [5.74, 6) is 0.945. The highest BCUT2D eigenvalue weighted by atomic mass is 16.6. The van der Waals surface area contributed by atoms with Gasteiger partial charge in [-0.05, 0) is 51.9 Å². The Labute approximate surface area is 138 Å². The number of alkyl carbamates (subject to hydrolysis) is 1. The minimum atomic E-state index is -0.522. The number of aliphatic hydroxyl groups excluding tert-OH is 1. The third-order valence-corrected chi connectivity index (χ3v) is 5.20. The summed E-state index contributed by atoms with van der Waals surface area (Å²) in [6.45, 7) is 5.66. The second-order valence-corrected chi connectivity index (χ2v) is 7.78. The number of rotatable bonds is 4. The van der Waals surface area contributed by atoms with E-state index in [1.165, 1.54) is 0 Å². The van der Waals surface area contributed by atoms with Crippen molar-refractivity contribution in [2.45, 2.75) is 63.9 Å². The molecule has 6 heteroatoms. The third-order valence-electron chi connectivity index (χ3n) is 5.20. The fourth-order valence-corrected chi connectivity index (χ4v) is 4.21. The summed E-state index contributed by atoms with van der Waals surface area (Å²) in [5, 5.41) is 12.7. The van der Waals surface area contributed by atoms with Gasteiger partial charge in [-0.15, -0.1) is 0 Å². The molecule has 0 aliphatic heterocycles. The highest BCUT2D eigenvalue weighted by Crippen LogP contribution is 2.47. The second kappa shape index (κ2) is 7.36. The van der Waals surface area contributed by atoms with E-state index in [1.807, 2.05) is 20.8 Å². The number of nitrogens with one attached hydrogen (secondary N) is 1. The zero-order valence-corrected chi connectivity index (χ0v) is 14.9. The first-order chi connectivity index (χ1) is 10.8. The number of fused-ring (bicyclic) bond motifs is 1. The summed E-state index contributed by atoms with van der Waals surface area (Å²) in [4.78, 5) is 12.1. The molecule has 23 heavy (non-hydrogen) atoms. The van der Waals surface area contributed by atoms with Gasteiger partial charge in [-0.3, -0.25) is 0 Å². The van der Waals surface area contributed by atoms with Crippen molar-refractivity contribution in [2.24, 2.45) is 17.8 Å². The van der Waals surface area contributed by atoms with E-state index in [-0.39, 0.29) is 30.8 Å². The Morgan fingerprint density at radius 1 is 1.13 bits per heavy atom. The van der Waals surface area contributed by atoms with Gasteiger partial charge in [0.25, 0.3) is 0 Å². The highest BCUT2D eigenvalue weighted by Gasteiger charge is 2.49. The molecule has 0 aromatic carbocycles. The van der Waals surface area contributed by atoms with E-state index in [0.29, 0.717) is 11.8 Å². The van der Waals surface area contributed by atoms with Gasteiger partial charge < -0.3 is 24.6 Å². The maximum atomic E-state index is 12.1. The number of aliphatic hydroxyl groups is 1. The van der Waals surface area contributed by atoms with Crippen molar-refractivity contribution < 1.29 is 24.1 Å². The number of amides is 1. The maximum absolute atomic E-state index is 12.1. The van der Waals surface area contributed by atoms with Crippen molar-refractivity contribution in [3.8, 4) is 0 Å². The van der Waals surface area contributed by atoms with E-state index in [4.69, 9.17) is 14.2 Å². The summed E-state index contributed by atoms with van der Waals surface area (Å²) in [6, 6.07) is -0.0965. The minimum absolute atomic E-state index is 0.0290. The summed E-state index contributed by atoms with van der Waals surface area (Å²) in [6.07, 6.45) is 2.26. The molecule has 0 saturated heterocycles. The van der Waals surface area contributed by atoms with Crippen LogP contribution in [0.4, 0.5) is 4.79 Å². The number of carbonyl (C=O) groups excluding carboxylic acids is 1. The molecule has 2 rings (SSSR count). The Kier molecular flexibility index (Phi) is 5.92. The zero-order chi connectivity index (χ0) is 17.2. The van der Waals surface area contributed by atoms with Crippen molar-refractivity contribution in [3.63, 3.8) is 0 Å². The molecule has 0 spiro atoms. The molecule has 2 fully saturated rings. The van der Waals surface area contributed by atoms with Crippen LogP contribution in [0.2, 0.25) is 0 Å². The van der Waals surface area contributed by atoms with Crippen molar-refractivity contribution in [1.29, 1.82) is 0 Å². The normalized spacial score (nSPS) is 37.3. The average molecular weight is 329 g/mol. The number of ether oxygens (including phenoxy) is 3. The van der Waals surface area contributed by atoms with Crippen LogP contribution in [0.25, 0.3) is 0 Å². The van der Waals surface area contributed by atoms with Crippen LogP contribution < -0.4 is 5.32 Å². The molecule has 134 valence electrons. The van der Waals surface area contributed by atoms with E-state index in [2.05, 4.69) is 5.32 Å². The fourth-order valence-electron chi connectivity index (χ4n) is 4.21. The van der Waals surface area contributed by atoms with Crippen LogP contribution in [0, 0.1) is 17.8 Å².